The van der Waals surface area contributed by atoms with Crippen LogP contribution in [0.25, 0.3) is 0 Å². The van der Waals surface area contributed by atoms with Gasteiger partial charge >= 0.3 is 0 Å². The highest BCUT2D eigenvalue weighted by molar-refractivity contribution is 6.33. The van der Waals surface area contributed by atoms with Crippen LogP contribution in [0.1, 0.15) is 11.3 Å². The van der Waals surface area contributed by atoms with E-state index in [-0.39, 0.29) is 0 Å². The summed E-state index contributed by atoms with van der Waals surface area (Å²) >= 11 is 6.10. The minimum absolute atomic E-state index is 0.623. The molecule has 2 aromatic rings. The number of nitrogens with one attached hydrogen (secondary N) is 1. The molecule has 0 unspecified atom stereocenters. The van der Waals surface area contributed by atoms with E-state index in [2.05, 4.69) is 15.3 Å². The second kappa shape index (κ2) is 4.94. The Labute approximate surface area is 99.5 Å². The van der Waals surface area contributed by atoms with Crippen molar-refractivity contribution < 1.29 is 0 Å². The lowest BCUT2D eigenvalue weighted by Gasteiger charge is -2.10. The third-order valence-electron chi connectivity index (χ3n) is 2.28. The van der Waals surface area contributed by atoms with Gasteiger partial charge in [0.15, 0.2) is 0 Å². The molecule has 0 aliphatic heterocycles. The fraction of sp³-hybridized carbons (Fsp3) is 0.167. The highest BCUT2D eigenvalue weighted by atomic mass is 35.5. The summed E-state index contributed by atoms with van der Waals surface area (Å²) < 4.78 is 0. The van der Waals surface area contributed by atoms with Crippen LogP contribution in [0.4, 0.5) is 5.69 Å². The summed E-state index contributed by atoms with van der Waals surface area (Å²) in [6.45, 7) is 2.64. The number of aromatic nitrogens is 2. The highest BCUT2D eigenvalue weighted by Gasteiger charge is 2.03. The summed E-state index contributed by atoms with van der Waals surface area (Å²) in [5.41, 5.74) is 2.97. The first-order valence-corrected chi connectivity index (χ1v) is 5.39. The summed E-state index contributed by atoms with van der Waals surface area (Å²) in [6, 6.07) is 5.82. The van der Waals surface area contributed by atoms with Crippen molar-refractivity contribution in [1.29, 1.82) is 0 Å². The molecular weight excluding hydrogens is 222 g/mol. The van der Waals surface area contributed by atoms with Crippen LogP contribution in [0, 0.1) is 6.92 Å². The standard InChI is InChI=1S/C12H12ClN3/c1-9-3-2-4-11(13)12(9)16-8-10-7-14-5-6-15-10/h2-7,16H,8H2,1H3. The molecule has 1 aromatic heterocycles. The van der Waals surface area contributed by atoms with Crippen LogP contribution in [-0.2, 0) is 6.54 Å². The van der Waals surface area contributed by atoms with Gasteiger partial charge in [-0.2, -0.15) is 0 Å². The van der Waals surface area contributed by atoms with E-state index in [0.717, 1.165) is 22.0 Å². The van der Waals surface area contributed by atoms with Crippen LogP contribution in [0.3, 0.4) is 0 Å². The van der Waals surface area contributed by atoms with E-state index in [9.17, 15) is 0 Å². The maximum Gasteiger partial charge on any atom is 0.0777 e. The molecule has 3 nitrogen and oxygen atoms in total. The maximum atomic E-state index is 6.10. The number of anilines is 1. The molecule has 1 heterocycles. The first-order chi connectivity index (χ1) is 7.77. The fourth-order valence-corrected chi connectivity index (χ4v) is 1.74. The molecule has 0 saturated carbocycles. The molecule has 4 heteroatoms. The lowest BCUT2D eigenvalue weighted by Crippen LogP contribution is -2.03. The van der Waals surface area contributed by atoms with Crippen molar-refractivity contribution in [2.24, 2.45) is 0 Å². The van der Waals surface area contributed by atoms with Gasteiger partial charge < -0.3 is 5.32 Å². The number of hydrogen-bond donors (Lipinski definition) is 1. The van der Waals surface area contributed by atoms with Gasteiger partial charge in [0, 0.05) is 12.4 Å². The van der Waals surface area contributed by atoms with Crippen LogP contribution in [0.15, 0.2) is 36.8 Å². The topological polar surface area (TPSA) is 37.8 Å². The van der Waals surface area contributed by atoms with Crippen LogP contribution in [-0.4, -0.2) is 9.97 Å². The number of hydrogen-bond acceptors (Lipinski definition) is 3. The summed E-state index contributed by atoms with van der Waals surface area (Å²) in [6.07, 6.45) is 5.07. The van der Waals surface area contributed by atoms with E-state index in [1.54, 1.807) is 18.6 Å². The predicted octanol–water partition coefficient (Wildman–Crippen LogP) is 3.05. The molecule has 82 valence electrons. The molecule has 0 fully saturated rings. The Morgan fingerprint density at radius 3 is 2.88 bits per heavy atom. The summed E-state index contributed by atoms with van der Waals surface area (Å²) in [5.74, 6) is 0. The second-order valence-corrected chi connectivity index (χ2v) is 3.89. The molecule has 0 bridgehead atoms. The Kier molecular flexibility index (Phi) is 3.37. The van der Waals surface area contributed by atoms with E-state index < -0.39 is 0 Å². The summed E-state index contributed by atoms with van der Waals surface area (Å²) in [5, 5.41) is 3.99. The molecule has 16 heavy (non-hydrogen) atoms. The van der Waals surface area contributed by atoms with Gasteiger partial charge in [-0.25, -0.2) is 0 Å². The average Bonchev–Trinajstić information content (AvgIpc) is 2.30. The Balaban J connectivity index is 2.11. The molecule has 0 aliphatic rings. The van der Waals surface area contributed by atoms with E-state index in [1.807, 2.05) is 25.1 Å². The van der Waals surface area contributed by atoms with E-state index >= 15 is 0 Å². The lowest BCUT2D eigenvalue weighted by molar-refractivity contribution is 1.01. The fourth-order valence-electron chi connectivity index (χ4n) is 1.46. The van der Waals surface area contributed by atoms with Crippen molar-refractivity contribution >= 4 is 17.3 Å². The van der Waals surface area contributed by atoms with Gasteiger partial charge in [0.25, 0.3) is 0 Å². The van der Waals surface area contributed by atoms with Crippen molar-refractivity contribution in [2.75, 3.05) is 5.32 Å². The molecule has 0 saturated heterocycles. The number of aryl methyl sites for hydroxylation is 1. The van der Waals surface area contributed by atoms with Gasteiger partial charge in [0.05, 0.1) is 29.1 Å². The number of halogens is 1. The average molecular weight is 234 g/mol. The Hall–Kier alpha value is -1.61. The zero-order chi connectivity index (χ0) is 11.4. The highest BCUT2D eigenvalue weighted by Crippen LogP contribution is 2.25. The summed E-state index contributed by atoms with van der Waals surface area (Å²) in [7, 11) is 0. The van der Waals surface area contributed by atoms with Crippen molar-refractivity contribution in [3.63, 3.8) is 0 Å². The largest absolute Gasteiger partial charge is 0.378 e. The smallest absolute Gasteiger partial charge is 0.0777 e. The minimum atomic E-state index is 0.623. The number of benzene rings is 1. The normalized spacial score (nSPS) is 10.1. The minimum Gasteiger partial charge on any atom is -0.378 e. The zero-order valence-corrected chi connectivity index (χ0v) is 9.70. The van der Waals surface area contributed by atoms with Gasteiger partial charge in [-0.1, -0.05) is 23.7 Å². The van der Waals surface area contributed by atoms with Gasteiger partial charge in [-0.3, -0.25) is 9.97 Å². The van der Waals surface area contributed by atoms with Crippen molar-refractivity contribution in [2.45, 2.75) is 13.5 Å². The Morgan fingerprint density at radius 2 is 2.19 bits per heavy atom. The molecule has 0 atom stereocenters. The maximum absolute atomic E-state index is 6.10. The third-order valence-corrected chi connectivity index (χ3v) is 2.60. The molecular formula is C12H12ClN3. The van der Waals surface area contributed by atoms with Crippen LogP contribution < -0.4 is 5.32 Å². The first kappa shape index (κ1) is 10.9. The van der Waals surface area contributed by atoms with Crippen LogP contribution in [0.5, 0.6) is 0 Å². The van der Waals surface area contributed by atoms with Gasteiger partial charge in [-0.15, -0.1) is 0 Å². The van der Waals surface area contributed by atoms with E-state index in [4.69, 9.17) is 11.6 Å². The first-order valence-electron chi connectivity index (χ1n) is 5.01. The zero-order valence-electron chi connectivity index (χ0n) is 8.94. The van der Waals surface area contributed by atoms with E-state index in [0.29, 0.717) is 6.54 Å². The number of rotatable bonds is 3. The quantitative estimate of drug-likeness (QED) is 0.886. The van der Waals surface area contributed by atoms with Crippen LogP contribution in [0.2, 0.25) is 5.02 Å². The van der Waals surface area contributed by atoms with Crippen molar-refractivity contribution in [3.8, 4) is 0 Å². The lowest BCUT2D eigenvalue weighted by atomic mass is 10.2. The Morgan fingerprint density at radius 1 is 1.31 bits per heavy atom. The predicted molar refractivity (Wildman–Crippen MR) is 65.5 cm³/mol. The van der Waals surface area contributed by atoms with Gasteiger partial charge in [0.2, 0.25) is 0 Å². The monoisotopic (exact) mass is 233 g/mol. The molecule has 0 aliphatic carbocycles. The molecule has 1 N–H and O–H groups in total. The third kappa shape index (κ3) is 2.49. The van der Waals surface area contributed by atoms with Gasteiger partial charge in [-0.05, 0) is 18.6 Å². The molecule has 1 aromatic carbocycles. The van der Waals surface area contributed by atoms with Crippen molar-refractivity contribution in [3.05, 3.63) is 53.1 Å². The second-order valence-electron chi connectivity index (χ2n) is 3.48. The molecule has 0 spiro atoms. The van der Waals surface area contributed by atoms with Gasteiger partial charge in [0.1, 0.15) is 0 Å². The Bertz CT molecular complexity index is 451. The van der Waals surface area contributed by atoms with Crippen LogP contribution >= 0.6 is 11.6 Å². The number of nitrogens with zero attached hydrogens (tertiary/aromatic N) is 2. The molecule has 0 radical (unpaired) electrons. The van der Waals surface area contributed by atoms with Crippen molar-refractivity contribution in [1.82, 2.24) is 9.97 Å². The molecule has 0 amide bonds. The van der Waals surface area contributed by atoms with E-state index in [1.165, 1.54) is 0 Å². The SMILES string of the molecule is Cc1cccc(Cl)c1NCc1cnccn1. The number of para-hydroxylation sites is 1. The summed E-state index contributed by atoms with van der Waals surface area (Å²) in [4.78, 5) is 8.19. The molecule has 2 rings (SSSR count).